The Kier molecular flexibility index (Phi) is 4.05. The van der Waals surface area contributed by atoms with Gasteiger partial charge in [0.2, 0.25) is 0 Å². The molecule has 114 valence electrons. The van der Waals surface area contributed by atoms with Gasteiger partial charge in [0.25, 0.3) is 0 Å². The first-order valence-corrected chi connectivity index (χ1v) is 7.71. The van der Waals surface area contributed by atoms with E-state index in [2.05, 4.69) is 15.3 Å². The van der Waals surface area contributed by atoms with Crippen LogP contribution in [-0.4, -0.2) is 51.1 Å². The molecule has 0 aromatic carbocycles. The number of carboxylic acids is 1. The van der Waals surface area contributed by atoms with Crippen molar-refractivity contribution in [3.63, 3.8) is 0 Å². The molecule has 6 nitrogen and oxygen atoms in total. The third-order valence-corrected chi connectivity index (χ3v) is 4.34. The molecule has 0 aliphatic heterocycles. The Balaban J connectivity index is 1.50. The standard InChI is InChI=1S/C15H22N4O2/c1-2-19(9-14(20)21)12-7-11(8-12)17-13-5-6-16-15(18-13)10-3-4-10/h5-6,10-12H,2-4,7-9H2,1H3,(H,20,21)(H,16,17,18). The number of likely N-dealkylation sites (N-methyl/N-ethyl adjacent to an activating group) is 1. The fourth-order valence-corrected chi connectivity index (χ4v) is 2.88. The van der Waals surface area contributed by atoms with Crippen molar-refractivity contribution in [2.45, 2.75) is 50.6 Å². The molecule has 2 aliphatic carbocycles. The first-order chi connectivity index (χ1) is 10.2. The van der Waals surface area contributed by atoms with E-state index >= 15 is 0 Å². The van der Waals surface area contributed by atoms with Crippen LogP contribution >= 0.6 is 0 Å². The van der Waals surface area contributed by atoms with E-state index in [9.17, 15) is 4.79 Å². The maximum atomic E-state index is 10.8. The van der Waals surface area contributed by atoms with Crippen molar-refractivity contribution >= 4 is 11.8 Å². The van der Waals surface area contributed by atoms with Crippen molar-refractivity contribution in [3.05, 3.63) is 18.1 Å². The fourth-order valence-electron chi connectivity index (χ4n) is 2.88. The summed E-state index contributed by atoms with van der Waals surface area (Å²) in [7, 11) is 0. The van der Waals surface area contributed by atoms with Crippen molar-refractivity contribution < 1.29 is 9.90 Å². The van der Waals surface area contributed by atoms with Crippen LogP contribution in [0.4, 0.5) is 5.82 Å². The van der Waals surface area contributed by atoms with Gasteiger partial charge < -0.3 is 10.4 Å². The molecule has 1 aromatic heterocycles. The number of hydrogen-bond acceptors (Lipinski definition) is 5. The van der Waals surface area contributed by atoms with Crippen molar-refractivity contribution in [2.24, 2.45) is 0 Å². The lowest BCUT2D eigenvalue weighted by Gasteiger charge is -2.42. The molecule has 2 N–H and O–H groups in total. The van der Waals surface area contributed by atoms with Crippen LogP contribution in [0.3, 0.4) is 0 Å². The minimum atomic E-state index is -0.752. The molecule has 2 saturated carbocycles. The smallest absolute Gasteiger partial charge is 0.317 e. The lowest BCUT2D eigenvalue weighted by atomic mass is 9.85. The van der Waals surface area contributed by atoms with Gasteiger partial charge in [0.05, 0.1) is 6.54 Å². The van der Waals surface area contributed by atoms with Gasteiger partial charge in [-0.2, -0.15) is 0 Å². The number of carboxylic acid groups (broad SMARTS) is 1. The molecule has 6 heteroatoms. The molecule has 2 aliphatic rings. The molecular formula is C15H22N4O2. The Hall–Kier alpha value is -1.69. The van der Waals surface area contributed by atoms with Crippen LogP contribution in [0, 0.1) is 0 Å². The Morgan fingerprint density at radius 3 is 2.86 bits per heavy atom. The van der Waals surface area contributed by atoms with E-state index in [4.69, 9.17) is 5.11 Å². The third-order valence-electron chi connectivity index (χ3n) is 4.34. The largest absolute Gasteiger partial charge is 0.480 e. The van der Waals surface area contributed by atoms with Crippen LogP contribution in [0.2, 0.25) is 0 Å². The van der Waals surface area contributed by atoms with Crippen LogP contribution in [0.1, 0.15) is 44.3 Å². The molecule has 0 radical (unpaired) electrons. The molecule has 0 bridgehead atoms. The molecular weight excluding hydrogens is 268 g/mol. The van der Waals surface area contributed by atoms with Crippen molar-refractivity contribution in [2.75, 3.05) is 18.4 Å². The molecule has 0 amide bonds. The summed E-state index contributed by atoms with van der Waals surface area (Å²) in [5, 5.41) is 12.3. The van der Waals surface area contributed by atoms with Gasteiger partial charge in [-0.3, -0.25) is 9.69 Å². The summed E-state index contributed by atoms with van der Waals surface area (Å²) in [6, 6.07) is 2.67. The van der Waals surface area contributed by atoms with Crippen LogP contribution in [0.25, 0.3) is 0 Å². The second-order valence-corrected chi connectivity index (χ2v) is 6.00. The highest BCUT2D eigenvalue weighted by Crippen LogP contribution is 2.38. The summed E-state index contributed by atoms with van der Waals surface area (Å²) in [6.45, 7) is 2.92. The van der Waals surface area contributed by atoms with Crippen LogP contribution < -0.4 is 5.32 Å². The second kappa shape index (κ2) is 5.97. The van der Waals surface area contributed by atoms with Gasteiger partial charge in [0, 0.05) is 24.2 Å². The summed E-state index contributed by atoms with van der Waals surface area (Å²) >= 11 is 0. The van der Waals surface area contributed by atoms with Crippen LogP contribution in [-0.2, 0) is 4.79 Å². The van der Waals surface area contributed by atoms with Gasteiger partial charge in [-0.1, -0.05) is 6.92 Å². The Morgan fingerprint density at radius 2 is 2.24 bits per heavy atom. The third kappa shape index (κ3) is 3.50. The van der Waals surface area contributed by atoms with Crippen LogP contribution in [0.5, 0.6) is 0 Å². The quantitative estimate of drug-likeness (QED) is 0.796. The second-order valence-electron chi connectivity index (χ2n) is 6.00. The number of aliphatic carboxylic acids is 1. The summed E-state index contributed by atoms with van der Waals surface area (Å²) in [4.78, 5) is 21.7. The van der Waals surface area contributed by atoms with E-state index < -0.39 is 5.97 Å². The zero-order valence-electron chi connectivity index (χ0n) is 12.3. The summed E-state index contributed by atoms with van der Waals surface area (Å²) in [5.41, 5.74) is 0. The fraction of sp³-hybridized carbons (Fsp3) is 0.667. The Bertz CT molecular complexity index is 512. The van der Waals surface area contributed by atoms with E-state index in [-0.39, 0.29) is 6.54 Å². The monoisotopic (exact) mass is 290 g/mol. The molecule has 0 unspecified atom stereocenters. The normalized spacial score (nSPS) is 24.7. The molecule has 1 heterocycles. The predicted molar refractivity (Wildman–Crippen MR) is 79.3 cm³/mol. The zero-order chi connectivity index (χ0) is 14.8. The Morgan fingerprint density at radius 1 is 1.48 bits per heavy atom. The summed E-state index contributed by atoms with van der Waals surface area (Å²) in [6.07, 6.45) is 6.18. The van der Waals surface area contributed by atoms with Gasteiger partial charge in [-0.25, -0.2) is 9.97 Å². The molecule has 0 spiro atoms. The lowest BCUT2D eigenvalue weighted by molar-refractivity contribution is -0.139. The van der Waals surface area contributed by atoms with E-state index in [1.807, 2.05) is 24.1 Å². The number of carbonyl (C=O) groups is 1. The highest BCUT2D eigenvalue weighted by molar-refractivity contribution is 5.69. The van der Waals surface area contributed by atoms with Gasteiger partial charge in [0.1, 0.15) is 11.6 Å². The van der Waals surface area contributed by atoms with E-state index in [1.54, 1.807) is 0 Å². The first kappa shape index (κ1) is 14.3. The number of hydrogen-bond donors (Lipinski definition) is 2. The number of aromatic nitrogens is 2. The average Bonchev–Trinajstić information content (AvgIpc) is 3.25. The molecule has 0 saturated heterocycles. The number of rotatable bonds is 7. The molecule has 21 heavy (non-hydrogen) atoms. The lowest BCUT2D eigenvalue weighted by Crippen LogP contribution is -2.51. The maximum absolute atomic E-state index is 10.8. The molecule has 1 aromatic rings. The van der Waals surface area contributed by atoms with Crippen LogP contribution in [0.15, 0.2) is 12.3 Å². The van der Waals surface area contributed by atoms with Gasteiger partial charge in [-0.15, -0.1) is 0 Å². The number of anilines is 1. The molecule has 0 atom stereocenters. The number of nitrogens with one attached hydrogen (secondary N) is 1. The van der Waals surface area contributed by atoms with Crippen molar-refractivity contribution in [1.29, 1.82) is 0 Å². The van der Waals surface area contributed by atoms with Crippen molar-refractivity contribution in [1.82, 2.24) is 14.9 Å². The first-order valence-electron chi connectivity index (χ1n) is 7.71. The maximum Gasteiger partial charge on any atom is 0.317 e. The molecule has 3 rings (SSSR count). The van der Waals surface area contributed by atoms with Gasteiger partial charge >= 0.3 is 5.97 Å². The van der Waals surface area contributed by atoms with E-state index in [1.165, 1.54) is 12.8 Å². The average molecular weight is 290 g/mol. The zero-order valence-corrected chi connectivity index (χ0v) is 12.3. The minimum absolute atomic E-state index is 0.132. The van der Waals surface area contributed by atoms with E-state index in [0.29, 0.717) is 18.0 Å². The SMILES string of the molecule is CCN(CC(=O)O)C1CC(Nc2ccnc(C3CC3)n2)C1. The summed E-state index contributed by atoms with van der Waals surface area (Å²) < 4.78 is 0. The van der Waals surface area contributed by atoms with E-state index in [0.717, 1.165) is 31.0 Å². The number of nitrogens with zero attached hydrogens (tertiary/aromatic N) is 3. The highest BCUT2D eigenvalue weighted by atomic mass is 16.4. The predicted octanol–water partition coefficient (Wildman–Crippen LogP) is 1.70. The van der Waals surface area contributed by atoms with Crippen molar-refractivity contribution in [3.8, 4) is 0 Å². The minimum Gasteiger partial charge on any atom is -0.480 e. The topological polar surface area (TPSA) is 78.4 Å². The van der Waals surface area contributed by atoms with Gasteiger partial charge in [-0.05, 0) is 38.3 Å². The molecule has 2 fully saturated rings. The Labute approximate surface area is 124 Å². The highest BCUT2D eigenvalue weighted by Gasteiger charge is 2.34. The summed E-state index contributed by atoms with van der Waals surface area (Å²) in [5.74, 6) is 1.67. The van der Waals surface area contributed by atoms with Gasteiger partial charge in [0.15, 0.2) is 0 Å².